The minimum atomic E-state index is -0.162. The lowest BCUT2D eigenvalue weighted by atomic mass is 10.2. The highest BCUT2D eigenvalue weighted by atomic mass is 32.2. The van der Waals surface area contributed by atoms with E-state index in [4.69, 9.17) is 9.47 Å². The highest BCUT2D eigenvalue weighted by molar-refractivity contribution is 7.99. The smallest absolute Gasteiger partial charge is 0.271 e. The van der Waals surface area contributed by atoms with E-state index in [-0.39, 0.29) is 17.2 Å². The number of hydrogen-bond acceptors (Lipinski definition) is 7. The summed E-state index contributed by atoms with van der Waals surface area (Å²) in [6.07, 6.45) is 0. The molecule has 9 heteroatoms. The van der Waals surface area contributed by atoms with Crippen LogP contribution in [0.5, 0.6) is 11.5 Å². The molecular formula is C18H19N3O4S2. The minimum Gasteiger partial charge on any atom is -0.493 e. The van der Waals surface area contributed by atoms with Gasteiger partial charge in [0, 0.05) is 19.2 Å². The van der Waals surface area contributed by atoms with E-state index in [1.54, 1.807) is 33.4 Å². The molecule has 3 aromatic rings. The molecule has 7 nitrogen and oxygen atoms in total. The molecule has 1 aromatic carbocycles. The summed E-state index contributed by atoms with van der Waals surface area (Å²) in [5.41, 5.74) is 1.38. The summed E-state index contributed by atoms with van der Waals surface area (Å²) >= 11 is 2.60. The number of fused-ring (bicyclic) bond motifs is 1. The average molecular weight is 406 g/mol. The maximum atomic E-state index is 12.3. The zero-order chi connectivity index (χ0) is 19.4. The fraction of sp³-hybridized carbons (Fsp3) is 0.278. The van der Waals surface area contributed by atoms with Gasteiger partial charge in [-0.05, 0) is 17.5 Å². The predicted molar refractivity (Wildman–Crippen MR) is 107 cm³/mol. The topological polar surface area (TPSA) is 82.5 Å². The first-order valence-corrected chi connectivity index (χ1v) is 9.95. The van der Waals surface area contributed by atoms with E-state index >= 15 is 0 Å². The Morgan fingerprint density at radius 1 is 1.30 bits per heavy atom. The zero-order valence-electron chi connectivity index (χ0n) is 15.1. The number of rotatable bonds is 7. The molecule has 2 aromatic heterocycles. The van der Waals surface area contributed by atoms with Crippen molar-refractivity contribution in [3.63, 3.8) is 0 Å². The summed E-state index contributed by atoms with van der Waals surface area (Å²) in [5, 5.41) is 5.20. The molecule has 142 valence electrons. The quantitative estimate of drug-likeness (QED) is 0.480. The molecule has 0 unspecified atom stereocenters. The van der Waals surface area contributed by atoms with Crippen LogP contribution in [-0.4, -0.2) is 35.4 Å². The maximum absolute atomic E-state index is 12.3. The molecule has 0 saturated heterocycles. The Kier molecular flexibility index (Phi) is 6.02. The van der Waals surface area contributed by atoms with Crippen LogP contribution in [0.1, 0.15) is 5.56 Å². The van der Waals surface area contributed by atoms with Crippen LogP contribution in [0.3, 0.4) is 0 Å². The van der Waals surface area contributed by atoms with Gasteiger partial charge < -0.3 is 14.8 Å². The number of amides is 1. The molecule has 1 N–H and O–H groups in total. The molecular weight excluding hydrogens is 386 g/mol. The second-order valence-corrected chi connectivity index (χ2v) is 7.47. The lowest BCUT2D eigenvalue weighted by Gasteiger charge is -2.13. The molecule has 1 amide bonds. The first-order valence-electron chi connectivity index (χ1n) is 8.08. The maximum Gasteiger partial charge on any atom is 0.271 e. The second-order valence-electron chi connectivity index (χ2n) is 5.61. The number of benzene rings is 1. The number of carbonyl (C=O) groups is 1. The number of aromatic nitrogens is 2. The van der Waals surface area contributed by atoms with Crippen LogP contribution in [0.25, 0.3) is 10.2 Å². The van der Waals surface area contributed by atoms with Crippen LogP contribution < -0.4 is 20.3 Å². The van der Waals surface area contributed by atoms with Crippen LogP contribution in [0.15, 0.2) is 39.6 Å². The summed E-state index contributed by atoms with van der Waals surface area (Å²) in [5.74, 6) is 1.20. The Hall–Kier alpha value is -2.52. The van der Waals surface area contributed by atoms with Crippen molar-refractivity contribution in [2.45, 2.75) is 11.7 Å². The highest BCUT2D eigenvalue weighted by Gasteiger charge is 2.13. The van der Waals surface area contributed by atoms with Crippen molar-refractivity contribution in [2.24, 2.45) is 7.05 Å². The minimum absolute atomic E-state index is 0.0981. The van der Waals surface area contributed by atoms with Crippen molar-refractivity contribution in [2.75, 3.05) is 20.0 Å². The van der Waals surface area contributed by atoms with Gasteiger partial charge >= 0.3 is 0 Å². The molecule has 0 atom stereocenters. The summed E-state index contributed by atoms with van der Waals surface area (Å²) < 4.78 is 12.7. The van der Waals surface area contributed by atoms with Gasteiger partial charge in [0.15, 0.2) is 16.7 Å². The number of methoxy groups -OCH3 is 2. The van der Waals surface area contributed by atoms with Gasteiger partial charge in [-0.3, -0.25) is 14.2 Å². The molecule has 0 radical (unpaired) electrons. The van der Waals surface area contributed by atoms with Gasteiger partial charge in [0.05, 0.1) is 25.5 Å². The molecule has 0 fully saturated rings. The lowest BCUT2D eigenvalue weighted by molar-refractivity contribution is -0.118. The van der Waals surface area contributed by atoms with Crippen molar-refractivity contribution >= 4 is 39.2 Å². The van der Waals surface area contributed by atoms with Crippen LogP contribution in [0.4, 0.5) is 0 Å². The number of ether oxygens (including phenoxy) is 2. The van der Waals surface area contributed by atoms with Gasteiger partial charge in [-0.2, -0.15) is 0 Å². The third-order valence-electron chi connectivity index (χ3n) is 3.94. The fourth-order valence-electron chi connectivity index (χ4n) is 2.56. The highest BCUT2D eigenvalue weighted by Crippen LogP contribution is 2.30. The molecule has 0 spiro atoms. The first-order chi connectivity index (χ1) is 13.0. The molecule has 0 aliphatic heterocycles. The van der Waals surface area contributed by atoms with E-state index in [0.29, 0.717) is 33.4 Å². The standard InChI is InChI=1S/C18H19N3O4S2/c1-21-17(23)16-12(7-8-26-16)20-18(21)27-10-14(22)19-9-11-5-4-6-13(24-2)15(11)25-3/h4-8H,9-10H2,1-3H3,(H,19,22). The van der Waals surface area contributed by atoms with Crippen LogP contribution >= 0.6 is 23.1 Å². The third kappa shape index (κ3) is 4.09. The third-order valence-corrected chi connectivity index (χ3v) is 5.86. The number of carbonyl (C=O) groups excluding carboxylic acids is 1. The fourth-order valence-corrected chi connectivity index (χ4v) is 4.17. The summed E-state index contributed by atoms with van der Waals surface area (Å²) in [4.78, 5) is 29.0. The van der Waals surface area contributed by atoms with Gasteiger partial charge in [0.2, 0.25) is 5.91 Å². The van der Waals surface area contributed by atoms with E-state index in [0.717, 1.165) is 5.56 Å². The Balaban J connectivity index is 1.64. The molecule has 27 heavy (non-hydrogen) atoms. The molecule has 2 heterocycles. The number of nitrogens with one attached hydrogen (secondary N) is 1. The number of thioether (sulfide) groups is 1. The van der Waals surface area contributed by atoms with Crippen molar-refractivity contribution < 1.29 is 14.3 Å². The van der Waals surface area contributed by atoms with Crippen molar-refractivity contribution in [1.82, 2.24) is 14.9 Å². The SMILES string of the molecule is COc1cccc(CNC(=O)CSc2nc3ccsc3c(=O)n2C)c1OC. The predicted octanol–water partition coefficient (Wildman–Crippen LogP) is 2.42. The summed E-state index contributed by atoms with van der Waals surface area (Å²) in [7, 11) is 4.79. The Morgan fingerprint density at radius 2 is 2.11 bits per heavy atom. The molecule has 0 aliphatic carbocycles. The first kappa shape index (κ1) is 19.2. The van der Waals surface area contributed by atoms with E-state index in [1.807, 2.05) is 17.5 Å². The second kappa shape index (κ2) is 8.45. The van der Waals surface area contributed by atoms with E-state index in [9.17, 15) is 9.59 Å². The van der Waals surface area contributed by atoms with Gasteiger partial charge in [-0.15, -0.1) is 11.3 Å². The largest absolute Gasteiger partial charge is 0.493 e. The Morgan fingerprint density at radius 3 is 2.85 bits per heavy atom. The number of thiophene rings is 1. The van der Waals surface area contributed by atoms with E-state index in [1.165, 1.54) is 27.7 Å². The monoisotopic (exact) mass is 405 g/mol. The van der Waals surface area contributed by atoms with Gasteiger partial charge in [0.25, 0.3) is 5.56 Å². The van der Waals surface area contributed by atoms with Crippen LogP contribution in [0.2, 0.25) is 0 Å². The zero-order valence-corrected chi connectivity index (χ0v) is 16.8. The Bertz CT molecular complexity index is 1030. The van der Waals surface area contributed by atoms with Gasteiger partial charge in [0.1, 0.15) is 4.70 Å². The van der Waals surface area contributed by atoms with Crippen molar-refractivity contribution in [1.29, 1.82) is 0 Å². The number of para-hydroxylation sites is 1. The Labute approximate surface area is 164 Å². The van der Waals surface area contributed by atoms with Crippen LogP contribution in [0, 0.1) is 0 Å². The number of nitrogens with zero attached hydrogens (tertiary/aromatic N) is 2. The summed E-state index contributed by atoms with van der Waals surface area (Å²) in [6, 6.07) is 7.31. The van der Waals surface area contributed by atoms with E-state index < -0.39 is 0 Å². The molecule has 0 saturated carbocycles. The van der Waals surface area contributed by atoms with Gasteiger partial charge in [-0.25, -0.2) is 4.98 Å². The van der Waals surface area contributed by atoms with Crippen molar-refractivity contribution in [3.05, 3.63) is 45.6 Å². The molecule has 0 aliphatic rings. The van der Waals surface area contributed by atoms with E-state index in [2.05, 4.69) is 10.3 Å². The van der Waals surface area contributed by atoms with Crippen molar-refractivity contribution in [3.8, 4) is 11.5 Å². The average Bonchev–Trinajstić information content (AvgIpc) is 3.16. The molecule has 3 rings (SSSR count). The normalized spacial score (nSPS) is 10.8. The number of hydrogen-bond donors (Lipinski definition) is 1. The van der Waals surface area contributed by atoms with Crippen LogP contribution in [-0.2, 0) is 18.4 Å². The van der Waals surface area contributed by atoms with Gasteiger partial charge in [-0.1, -0.05) is 23.9 Å². The summed E-state index contributed by atoms with van der Waals surface area (Å²) in [6.45, 7) is 0.315. The lowest BCUT2D eigenvalue weighted by Crippen LogP contribution is -2.26. The molecule has 0 bridgehead atoms.